The largest absolute Gasteiger partial charge is 0.322 e. The summed E-state index contributed by atoms with van der Waals surface area (Å²) in [5.74, 6) is 0.524. The Hall–Kier alpha value is -2.96. The first-order valence-corrected chi connectivity index (χ1v) is 12.7. The molecule has 0 atom stereocenters. The van der Waals surface area contributed by atoms with Gasteiger partial charge < -0.3 is 18.6 Å². The Morgan fingerprint density at radius 2 is 0.861 bits per heavy atom. The van der Waals surface area contributed by atoms with Gasteiger partial charge in [-0.1, -0.05) is 48.5 Å². The molecule has 0 aliphatic rings. The molecule has 0 radical (unpaired) electrons. The van der Waals surface area contributed by atoms with Gasteiger partial charge in [0.1, 0.15) is 24.7 Å². The second-order valence-corrected chi connectivity index (χ2v) is 11.2. The molecule has 2 aromatic carbocycles. The van der Waals surface area contributed by atoms with Crippen molar-refractivity contribution in [3.63, 3.8) is 0 Å². The van der Waals surface area contributed by atoms with Crippen LogP contribution in [0.1, 0.15) is 60.2 Å². The van der Waals surface area contributed by atoms with Gasteiger partial charge in [0, 0.05) is 36.8 Å². The van der Waals surface area contributed by atoms with Gasteiger partial charge in [-0.3, -0.25) is 9.59 Å². The monoisotopic (exact) mass is 494 g/mol. The summed E-state index contributed by atoms with van der Waals surface area (Å²) in [6.07, 6.45) is 2.66. The quantitative estimate of drug-likeness (QED) is 0.268. The van der Waals surface area contributed by atoms with E-state index in [9.17, 15) is 19.2 Å². The molecule has 2 rings (SSSR count). The van der Waals surface area contributed by atoms with Crippen molar-refractivity contribution in [2.45, 2.75) is 39.5 Å². The van der Waals surface area contributed by atoms with Crippen molar-refractivity contribution in [2.24, 2.45) is 0 Å². The number of quaternary nitrogens is 2. The second kappa shape index (κ2) is 12.8. The van der Waals surface area contributed by atoms with Crippen LogP contribution < -0.4 is 0 Å². The van der Waals surface area contributed by atoms with Crippen LogP contribution in [0.2, 0.25) is 0 Å². The van der Waals surface area contributed by atoms with Crippen molar-refractivity contribution in [2.75, 3.05) is 54.4 Å². The number of benzene rings is 2. The van der Waals surface area contributed by atoms with Crippen LogP contribution in [-0.2, 0) is 9.59 Å². The van der Waals surface area contributed by atoms with Crippen molar-refractivity contribution >= 4 is 23.1 Å². The van der Waals surface area contributed by atoms with Crippen LogP contribution in [-0.4, -0.2) is 86.5 Å². The molecule has 0 spiro atoms. The van der Waals surface area contributed by atoms with Crippen LogP contribution in [0.15, 0.2) is 48.5 Å². The molecule has 0 aromatic heterocycles. The molecule has 2 aromatic rings. The fraction of sp³-hybridized carbons (Fsp3) is 0.467. The molecule has 0 N–H and O–H groups in total. The predicted octanol–water partition coefficient (Wildman–Crippen LogP) is 4.61. The number of ketones is 4. The zero-order valence-corrected chi connectivity index (χ0v) is 22.8. The highest BCUT2D eigenvalue weighted by atomic mass is 16.1. The lowest BCUT2D eigenvalue weighted by atomic mass is 10.00. The van der Waals surface area contributed by atoms with Crippen LogP contribution in [0.3, 0.4) is 0 Å². The molecular weight excluding hydrogens is 452 g/mol. The van der Waals surface area contributed by atoms with E-state index in [2.05, 4.69) is 0 Å². The summed E-state index contributed by atoms with van der Waals surface area (Å²) in [7, 11) is 8.06. The fourth-order valence-corrected chi connectivity index (χ4v) is 4.33. The number of carbonyl (C=O) groups is 4. The summed E-state index contributed by atoms with van der Waals surface area (Å²) in [5, 5.41) is 0. The van der Waals surface area contributed by atoms with Crippen molar-refractivity contribution in [3.8, 4) is 11.1 Å². The molecule has 0 heterocycles. The first-order valence-electron chi connectivity index (χ1n) is 12.7. The second-order valence-electron chi connectivity index (χ2n) is 11.2. The maximum Gasteiger partial charge on any atom is 0.216 e. The molecule has 6 nitrogen and oxygen atoms in total. The summed E-state index contributed by atoms with van der Waals surface area (Å²) in [6, 6.07) is 15.2. The van der Waals surface area contributed by atoms with E-state index in [-0.39, 0.29) is 23.1 Å². The molecule has 36 heavy (non-hydrogen) atoms. The average Bonchev–Trinajstić information content (AvgIpc) is 2.77. The zero-order chi connectivity index (χ0) is 26.9. The fourth-order valence-electron chi connectivity index (χ4n) is 4.33. The number of hydrogen-bond donors (Lipinski definition) is 0. The van der Waals surface area contributed by atoms with Crippen LogP contribution in [0.5, 0.6) is 0 Å². The van der Waals surface area contributed by atoms with Gasteiger partial charge in [0.05, 0.1) is 41.3 Å². The predicted molar refractivity (Wildman–Crippen MR) is 144 cm³/mol. The molecule has 6 heteroatoms. The first-order chi connectivity index (χ1) is 16.8. The van der Waals surface area contributed by atoms with Gasteiger partial charge in [-0.15, -0.1) is 0 Å². The topological polar surface area (TPSA) is 68.3 Å². The van der Waals surface area contributed by atoms with E-state index in [1.807, 2.05) is 76.7 Å². The number of hydrogen-bond acceptors (Lipinski definition) is 4. The Bertz CT molecular complexity index is 980. The zero-order valence-electron chi connectivity index (χ0n) is 22.8. The van der Waals surface area contributed by atoms with E-state index < -0.39 is 0 Å². The van der Waals surface area contributed by atoms with Crippen LogP contribution in [0.25, 0.3) is 11.1 Å². The highest BCUT2D eigenvalue weighted by molar-refractivity contribution is 5.98. The summed E-state index contributed by atoms with van der Waals surface area (Å²) >= 11 is 0. The Labute approximate surface area is 216 Å². The number of likely N-dealkylation sites (N-methyl/N-ethyl adjacent to an activating group) is 2. The SMILES string of the molecule is CC(=O)CCC[N+](C)(C)CC(=O)c1ccc(-c2ccc(C(=O)C[N+](C)(C)CCCC(C)=O)cc2)cc1. The minimum atomic E-state index is 0.0827. The Morgan fingerprint density at radius 3 is 1.14 bits per heavy atom. The van der Waals surface area contributed by atoms with Crippen LogP contribution in [0.4, 0.5) is 0 Å². The maximum atomic E-state index is 12.8. The Kier molecular flexibility index (Phi) is 10.4. The van der Waals surface area contributed by atoms with Crippen LogP contribution in [0, 0.1) is 0 Å². The summed E-state index contributed by atoms with van der Waals surface area (Å²) in [6.45, 7) is 5.53. The number of nitrogens with zero attached hydrogens (tertiary/aromatic N) is 2. The van der Waals surface area contributed by atoms with Gasteiger partial charge in [-0.05, 0) is 25.0 Å². The van der Waals surface area contributed by atoms with E-state index in [4.69, 9.17) is 0 Å². The maximum absolute atomic E-state index is 12.8. The molecule has 0 aliphatic heterocycles. The van der Waals surface area contributed by atoms with Crippen molar-refractivity contribution in [3.05, 3.63) is 59.7 Å². The third-order valence-corrected chi connectivity index (χ3v) is 6.47. The van der Waals surface area contributed by atoms with Gasteiger partial charge in [0.25, 0.3) is 0 Å². The molecule has 0 fully saturated rings. The molecular formula is C30H42N2O4+2. The standard InChI is InChI=1S/C30H42N2O4/c1-23(33)9-7-19-31(3,4)21-29(35)27-15-11-25(12-16-27)26-13-17-28(18-14-26)30(36)22-32(5,6)20-8-10-24(2)34/h11-18H,7-10,19-22H2,1-6H3/q+2. The van der Waals surface area contributed by atoms with E-state index in [1.54, 1.807) is 13.8 Å². The Morgan fingerprint density at radius 1 is 0.556 bits per heavy atom. The average molecular weight is 495 g/mol. The third-order valence-electron chi connectivity index (χ3n) is 6.47. The highest BCUT2D eigenvalue weighted by Gasteiger charge is 2.22. The van der Waals surface area contributed by atoms with E-state index in [0.29, 0.717) is 46.0 Å². The molecule has 0 aliphatic carbocycles. The van der Waals surface area contributed by atoms with Gasteiger partial charge in [-0.2, -0.15) is 0 Å². The Balaban J connectivity index is 1.97. The van der Waals surface area contributed by atoms with Gasteiger partial charge in [0.15, 0.2) is 0 Å². The normalized spacial score (nSPS) is 11.8. The number of rotatable bonds is 15. The van der Waals surface area contributed by atoms with Crippen molar-refractivity contribution < 1.29 is 28.1 Å². The van der Waals surface area contributed by atoms with E-state index in [1.165, 1.54) is 0 Å². The van der Waals surface area contributed by atoms with Crippen molar-refractivity contribution in [1.29, 1.82) is 0 Å². The third kappa shape index (κ3) is 9.96. The highest BCUT2D eigenvalue weighted by Crippen LogP contribution is 2.21. The smallest absolute Gasteiger partial charge is 0.216 e. The summed E-state index contributed by atoms with van der Waals surface area (Å²) in [4.78, 5) is 48.0. The van der Waals surface area contributed by atoms with Gasteiger partial charge in [-0.25, -0.2) is 0 Å². The lowest BCUT2D eigenvalue weighted by Crippen LogP contribution is -2.44. The molecule has 0 saturated carbocycles. The lowest BCUT2D eigenvalue weighted by molar-refractivity contribution is -0.882. The molecule has 0 saturated heterocycles. The van der Waals surface area contributed by atoms with Gasteiger partial charge >= 0.3 is 0 Å². The number of Topliss-reactive ketones (excluding diaryl/α,β-unsaturated/α-hetero) is 4. The first kappa shape index (κ1) is 29.3. The minimum Gasteiger partial charge on any atom is -0.322 e. The summed E-state index contributed by atoms with van der Waals surface area (Å²) < 4.78 is 1.10. The molecule has 0 bridgehead atoms. The molecule has 0 amide bonds. The number of carbonyl (C=O) groups excluding carboxylic acids is 4. The molecule has 194 valence electrons. The lowest BCUT2D eigenvalue weighted by Gasteiger charge is -2.29. The minimum absolute atomic E-state index is 0.0827. The van der Waals surface area contributed by atoms with Crippen LogP contribution >= 0.6 is 0 Å². The molecule has 0 unspecified atom stereocenters. The van der Waals surface area contributed by atoms with E-state index >= 15 is 0 Å². The van der Waals surface area contributed by atoms with E-state index in [0.717, 1.165) is 37.1 Å². The summed E-state index contributed by atoms with van der Waals surface area (Å²) in [5.41, 5.74) is 3.32. The van der Waals surface area contributed by atoms with Gasteiger partial charge in [0.2, 0.25) is 11.6 Å². The van der Waals surface area contributed by atoms with Crippen molar-refractivity contribution in [1.82, 2.24) is 0 Å².